The first kappa shape index (κ1) is 20.0. The molecule has 23 heavy (non-hydrogen) atoms. The van der Waals surface area contributed by atoms with Crippen LogP contribution < -0.4 is 10.6 Å². The van der Waals surface area contributed by atoms with Crippen LogP contribution in [0.15, 0.2) is 4.99 Å². The van der Waals surface area contributed by atoms with E-state index in [1.54, 1.807) is 0 Å². The average molecular weight is 337 g/mol. The molecule has 0 saturated carbocycles. The van der Waals surface area contributed by atoms with Gasteiger partial charge in [0.15, 0.2) is 5.96 Å². The van der Waals surface area contributed by atoms with Crippen LogP contribution in [-0.4, -0.2) is 81.3 Å². The van der Waals surface area contributed by atoms with E-state index in [4.69, 9.17) is 0 Å². The Kier molecular flexibility index (Phi) is 9.31. The van der Waals surface area contributed by atoms with E-state index in [9.17, 15) is 13.2 Å². The second kappa shape index (κ2) is 10.7. The van der Waals surface area contributed by atoms with E-state index >= 15 is 0 Å². The van der Waals surface area contributed by atoms with E-state index in [1.807, 2.05) is 6.92 Å². The number of likely N-dealkylation sites (N-methyl/N-ethyl adjacent to an activating group) is 1. The van der Waals surface area contributed by atoms with Crippen molar-refractivity contribution in [3.05, 3.63) is 0 Å². The monoisotopic (exact) mass is 337 g/mol. The predicted octanol–water partition coefficient (Wildman–Crippen LogP) is 1.52. The van der Waals surface area contributed by atoms with Crippen LogP contribution >= 0.6 is 0 Å². The number of nitrogens with zero attached hydrogens (tertiary/aromatic N) is 3. The third-order valence-corrected chi connectivity index (χ3v) is 3.71. The molecule has 1 fully saturated rings. The normalized spacial score (nSPS) is 17.6. The van der Waals surface area contributed by atoms with Gasteiger partial charge < -0.3 is 15.5 Å². The van der Waals surface area contributed by atoms with Gasteiger partial charge in [-0.15, -0.1) is 0 Å². The molecule has 5 nitrogen and oxygen atoms in total. The Labute approximate surface area is 137 Å². The van der Waals surface area contributed by atoms with Gasteiger partial charge in [-0.2, -0.15) is 13.2 Å². The van der Waals surface area contributed by atoms with Crippen LogP contribution in [0.3, 0.4) is 0 Å². The number of rotatable bonds is 8. The van der Waals surface area contributed by atoms with E-state index in [1.165, 1.54) is 31.2 Å². The molecule has 8 heteroatoms. The molecule has 0 amide bonds. The zero-order valence-electron chi connectivity index (χ0n) is 14.3. The van der Waals surface area contributed by atoms with Crippen LogP contribution in [0.1, 0.15) is 26.2 Å². The molecule has 136 valence electrons. The van der Waals surface area contributed by atoms with E-state index in [0.29, 0.717) is 25.6 Å². The van der Waals surface area contributed by atoms with Crippen LogP contribution in [0.5, 0.6) is 0 Å². The van der Waals surface area contributed by atoms with Gasteiger partial charge in [-0.3, -0.25) is 9.89 Å². The number of alkyl halides is 3. The summed E-state index contributed by atoms with van der Waals surface area (Å²) in [6.45, 7) is 6.47. The summed E-state index contributed by atoms with van der Waals surface area (Å²) in [6, 6.07) is 0. The van der Waals surface area contributed by atoms with Gasteiger partial charge in [-0.05, 0) is 39.9 Å². The summed E-state index contributed by atoms with van der Waals surface area (Å²) >= 11 is 0. The molecule has 1 heterocycles. The molecule has 1 aliphatic heterocycles. The molecule has 0 aliphatic carbocycles. The Morgan fingerprint density at radius 3 is 2.48 bits per heavy atom. The Morgan fingerprint density at radius 2 is 1.87 bits per heavy atom. The molecule has 1 rings (SSSR count). The molecule has 0 aromatic heterocycles. The van der Waals surface area contributed by atoms with E-state index in [2.05, 4.69) is 20.5 Å². The number of aliphatic imine (C=N–C) groups is 1. The van der Waals surface area contributed by atoms with Crippen molar-refractivity contribution in [1.82, 2.24) is 20.4 Å². The lowest BCUT2D eigenvalue weighted by molar-refractivity contribution is -0.142. The molecular formula is C15H30F3N5. The summed E-state index contributed by atoms with van der Waals surface area (Å²) in [4.78, 5) is 8.16. The first-order valence-electron chi connectivity index (χ1n) is 8.40. The van der Waals surface area contributed by atoms with Crippen molar-refractivity contribution < 1.29 is 13.2 Å². The highest BCUT2D eigenvalue weighted by atomic mass is 19.4. The molecule has 1 saturated heterocycles. The molecule has 0 spiro atoms. The lowest BCUT2D eigenvalue weighted by Gasteiger charge is -2.25. The number of piperidine rings is 1. The van der Waals surface area contributed by atoms with Crippen LogP contribution in [0.25, 0.3) is 0 Å². The van der Waals surface area contributed by atoms with Gasteiger partial charge in [0, 0.05) is 26.2 Å². The molecule has 0 bridgehead atoms. The van der Waals surface area contributed by atoms with Gasteiger partial charge >= 0.3 is 6.18 Å². The van der Waals surface area contributed by atoms with Crippen LogP contribution in [-0.2, 0) is 0 Å². The number of halogens is 3. The third kappa shape index (κ3) is 10.4. The minimum absolute atomic E-state index is 0.316. The first-order valence-corrected chi connectivity index (χ1v) is 8.40. The summed E-state index contributed by atoms with van der Waals surface area (Å²) in [5, 5.41) is 6.21. The SMILES string of the molecule is CCNC(=NCCN1CCCCC1)NCCN(C)CC(F)(F)F. The molecule has 0 unspecified atom stereocenters. The van der Waals surface area contributed by atoms with Gasteiger partial charge in [0.1, 0.15) is 0 Å². The maximum Gasteiger partial charge on any atom is 0.401 e. The highest BCUT2D eigenvalue weighted by molar-refractivity contribution is 5.79. The highest BCUT2D eigenvalue weighted by Crippen LogP contribution is 2.14. The lowest BCUT2D eigenvalue weighted by Crippen LogP contribution is -2.43. The smallest absolute Gasteiger partial charge is 0.357 e. The van der Waals surface area contributed by atoms with Crippen molar-refractivity contribution in [2.24, 2.45) is 4.99 Å². The minimum Gasteiger partial charge on any atom is -0.357 e. The zero-order chi connectivity index (χ0) is 17.1. The molecular weight excluding hydrogens is 307 g/mol. The second-order valence-corrected chi connectivity index (χ2v) is 5.94. The number of likely N-dealkylation sites (tertiary alicyclic amines) is 1. The predicted molar refractivity (Wildman–Crippen MR) is 87.8 cm³/mol. The number of nitrogens with one attached hydrogen (secondary N) is 2. The molecule has 1 aliphatic rings. The van der Waals surface area contributed by atoms with E-state index < -0.39 is 12.7 Å². The van der Waals surface area contributed by atoms with Gasteiger partial charge in [0.05, 0.1) is 13.1 Å². The largest absolute Gasteiger partial charge is 0.401 e. The standard InChI is InChI=1S/C15H30F3N5/c1-3-19-14(20-7-11-22(2)13-15(16,17)18)21-8-12-23-9-5-4-6-10-23/h3-13H2,1-2H3,(H2,19,20,21). The minimum atomic E-state index is -4.15. The van der Waals surface area contributed by atoms with Crippen molar-refractivity contribution in [2.75, 3.05) is 59.4 Å². The maximum atomic E-state index is 12.3. The first-order chi connectivity index (χ1) is 10.9. The number of hydrogen-bond donors (Lipinski definition) is 2. The summed E-state index contributed by atoms with van der Waals surface area (Å²) in [5.41, 5.74) is 0. The molecule has 0 aromatic rings. The Hall–Kier alpha value is -1.02. The van der Waals surface area contributed by atoms with Crippen LogP contribution in [0.2, 0.25) is 0 Å². The van der Waals surface area contributed by atoms with E-state index in [0.717, 1.165) is 26.2 Å². The summed E-state index contributed by atoms with van der Waals surface area (Å²) < 4.78 is 36.8. The summed E-state index contributed by atoms with van der Waals surface area (Å²) in [5.74, 6) is 0.671. The molecule has 0 atom stereocenters. The summed E-state index contributed by atoms with van der Waals surface area (Å²) in [7, 11) is 1.47. The third-order valence-electron chi connectivity index (χ3n) is 3.71. The zero-order valence-corrected chi connectivity index (χ0v) is 14.3. The lowest BCUT2D eigenvalue weighted by atomic mass is 10.1. The van der Waals surface area contributed by atoms with Crippen molar-refractivity contribution in [2.45, 2.75) is 32.4 Å². The van der Waals surface area contributed by atoms with Crippen LogP contribution in [0, 0.1) is 0 Å². The molecule has 2 N–H and O–H groups in total. The number of guanidine groups is 1. The topological polar surface area (TPSA) is 42.9 Å². The average Bonchev–Trinajstić information content (AvgIpc) is 2.46. The quantitative estimate of drug-likeness (QED) is 0.521. The van der Waals surface area contributed by atoms with Crippen molar-refractivity contribution in [1.29, 1.82) is 0 Å². The van der Waals surface area contributed by atoms with Crippen molar-refractivity contribution >= 4 is 5.96 Å². The number of hydrogen-bond acceptors (Lipinski definition) is 3. The van der Waals surface area contributed by atoms with Gasteiger partial charge in [0.25, 0.3) is 0 Å². The van der Waals surface area contributed by atoms with Gasteiger partial charge in [-0.25, -0.2) is 0 Å². The summed E-state index contributed by atoms with van der Waals surface area (Å²) in [6.07, 6.45) is -0.321. The van der Waals surface area contributed by atoms with Gasteiger partial charge in [0.2, 0.25) is 0 Å². The van der Waals surface area contributed by atoms with Crippen molar-refractivity contribution in [3.8, 4) is 0 Å². The van der Waals surface area contributed by atoms with Crippen molar-refractivity contribution in [3.63, 3.8) is 0 Å². The fourth-order valence-corrected chi connectivity index (χ4v) is 2.58. The maximum absolute atomic E-state index is 12.3. The second-order valence-electron chi connectivity index (χ2n) is 5.94. The fourth-order valence-electron chi connectivity index (χ4n) is 2.58. The molecule has 0 aromatic carbocycles. The fraction of sp³-hybridized carbons (Fsp3) is 0.933. The molecule has 0 radical (unpaired) electrons. The Bertz CT molecular complexity index is 340. The van der Waals surface area contributed by atoms with E-state index in [-0.39, 0.29) is 0 Å². The highest BCUT2D eigenvalue weighted by Gasteiger charge is 2.28. The Morgan fingerprint density at radius 1 is 1.17 bits per heavy atom. The van der Waals surface area contributed by atoms with Gasteiger partial charge in [-0.1, -0.05) is 6.42 Å². The van der Waals surface area contributed by atoms with Crippen LogP contribution in [0.4, 0.5) is 13.2 Å². The Balaban J connectivity index is 2.25.